The summed E-state index contributed by atoms with van der Waals surface area (Å²) in [5.74, 6) is 0.740. The first-order valence-corrected chi connectivity index (χ1v) is 11.5. The van der Waals surface area contributed by atoms with Gasteiger partial charge in [0.25, 0.3) is 5.91 Å². The molecule has 0 aliphatic carbocycles. The van der Waals surface area contributed by atoms with Crippen LogP contribution < -0.4 is 4.74 Å². The number of thioether (sulfide) groups is 1. The highest BCUT2D eigenvalue weighted by Crippen LogP contribution is 2.34. The van der Waals surface area contributed by atoms with Crippen LogP contribution in [-0.2, 0) is 11.4 Å². The molecule has 0 radical (unpaired) electrons. The number of aryl methyl sites for hydroxylation is 2. The zero-order valence-electron chi connectivity index (χ0n) is 17.5. The van der Waals surface area contributed by atoms with Gasteiger partial charge in [0, 0.05) is 6.54 Å². The van der Waals surface area contributed by atoms with Crippen LogP contribution in [0.3, 0.4) is 0 Å². The lowest BCUT2D eigenvalue weighted by molar-refractivity contribution is -0.122. The Hall–Kier alpha value is -2.97. The Balaban J connectivity index is 1.45. The molecule has 0 atom stereocenters. The number of carbonyl (C=O) groups is 1. The third-order valence-electron chi connectivity index (χ3n) is 4.61. The minimum absolute atomic E-state index is 0.0489. The summed E-state index contributed by atoms with van der Waals surface area (Å²) in [5.41, 5.74) is 3.29. The number of hydrogen-bond donors (Lipinski definition) is 0. The summed E-state index contributed by atoms with van der Waals surface area (Å²) in [4.78, 5) is 19.6. The van der Waals surface area contributed by atoms with Crippen LogP contribution in [-0.4, -0.2) is 32.7 Å². The number of aromatic nitrogens is 2. The number of hydrogen-bond acceptors (Lipinski definition) is 7. The van der Waals surface area contributed by atoms with Crippen molar-refractivity contribution in [2.24, 2.45) is 4.99 Å². The van der Waals surface area contributed by atoms with Gasteiger partial charge in [0.05, 0.1) is 4.91 Å². The topological polar surface area (TPSA) is 67.7 Å². The summed E-state index contributed by atoms with van der Waals surface area (Å²) < 4.78 is 5.87. The first-order valence-electron chi connectivity index (χ1n) is 9.90. The average Bonchev–Trinajstić information content (AvgIpc) is 3.31. The predicted molar refractivity (Wildman–Crippen MR) is 127 cm³/mol. The van der Waals surface area contributed by atoms with Crippen LogP contribution in [0.2, 0.25) is 0 Å². The summed E-state index contributed by atoms with van der Waals surface area (Å²) >= 11 is 2.76. The van der Waals surface area contributed by atoms with Gasteiger partial charge >= 0.3 is 0 Å². The van der Waals surface area contributed by atoms with E-state index < -0.39 is 0 Å². The number of aliphatic imine (C=N–C) groups is 1. The molecule has 1 fully saturated rings. The van der Waals surface area contributed by atoms with Gasteiger partial charge in [-0.15, -0.1) is 10.2 Å². The largest absolute Gasteiger partial charge is 0.489 e. The van der Waals surface area contributed by atoms with Crippen LogP contribution >= 0.6 is 23.1 Å². The summed E-state index contributed by atoms with van der Waals surface area (Å²) in [6.07, 6.45) is 1.88. The lowest BCUT2D eigenvalue weighted by Crippen LogP contribution is -2.28. The van der Waals surface area contributed by atoms with Crippen LogP contribution in [0.1, 0.15) is 28.6 Å². The maximum atomic E-state index is 12.8. The molecule has 8 heteroatoms. The summed E-state index contributed by atoms with van der Waals surface area (Å²) in [6, 6.07) is 16.0. The van der Waals surface area contributed by atoms with E-state index in [-0.39, 0.29) is 5.91 Å². The number of rotatable bonds is 6. The van der Waals surface area contributed by atoms with Crippen molar-refractivity contribution in [2.75, 3.05) is 6.54 Å². The van der Waals surface area contributed by atoms with Crippen LogP contribution in [0.15, 0.2) is 58.4 Å². The van der Waals surface area contributed by atoms with Crippen molar-refractivity contribution < 1.29 is 9.53 Å². The van der Waals surface area contributed by atoms with E-state index in [1.54, 1.807) is 4.90 Å². The van der Waals surface area contributed by atoms with Crippen molar-refractivity contribution in [3.63, 3.8) is 0 Å². The van der Waals surface area contributed by atoms with E-state index in [1.165, 1.54) is 28.7 Å². The van der Waals surface area contributed by atoms with Crippen molar-refractivity contribution in [1.29, 1.82) is 0 Å². The van der Waals surface area contributed by atoms with Gasteiger partial charge < -0.3 is 4.74 Å². The molecule has 0 bridgehead atoms. The second kappa shape index (κ2) is 9.45. The smallest absolute Gasteiger partial charge is 0.266 e. The van der Waals surface area contributed by atoms with E-state index in [0.29, 0.717) is 28.4 Å². The first kappa shape index (κ1) is 21.3. The molecule has 0 unspecified atom stereocenters. The normalized spacial score (nSPS) is 16.5. The monoisotopic (exact) mass is 450 g/mol. The van der Waals surface area contributed by atoms with Gasteiger partial charge in [-0.05, 0) is 61.9 Å². The molecule has 31 heavy (non-hydrogen) atoms. The second-order valence-corrected chi connectivity index (χ2v) is 9.17. The van der Waals surface area contributed by atoms with Crippen molar-refractivity contribution >= 4 is 45.4 Å². The number of carbonyl (C=O) groups excluding carboxylic acids is 1. The van der Waals surface area contributed by atoms with E-state index in [1.807, 2.05) is 44.2 Å². The van der Waals surface area contributed by atoms with E-state index >= 15 is 0 Å². The molecule has 0 N–H and O–H groups in total. The lowest BCUT2D eigenvalue weighted by atomic mass is 10.1. The molecular formula is C23H22N4O2S2. The Morgan fingerprint density at radius 1 is 1.06 bits per heavy atom. The molecular weight excluding hydrogens is 428 g/mol. The number of ether oxygens (including phenoxy) is 1. The molecule has 0 saturated carbocycles. The van der Waals surface area contributed by atoms with Gasteiger partial charge in [-0.3, -0.25) is 9.69 Å². The van der Waals surface area contributed by atoms with Crippen LogP contribution in [0.25, 0.3) is 6.08 Å². The zero-order chi connectivity index (χ0) is 21.8. The molecule has 2 heterocycles. The molecule has 1 aliphatic rings. The van der Waals surface area contributed by atoms with Gasteiger partial charge in [0.15, 0.2) is 5.17 Å². The fourth-order valence-corrected chi connectivity index (χ4v) is 4.61. The van der Waals surface area contributed by atoms with Crippen molar-refractivity contribution in [1.82, 2.24) is 15.1 Å². The SMILES string of the molecule is CCN1C(=O)/C(=C/c2ccc(OCc3ccc(C)cc3)cc2)S/C1=N/c1nnc(C)s1. The van der Waals surface area contributed by atoms with Gasteiger partial charge in [-0.2, -0.15) is 4.99 Å². The lowest BCUT2D eigenvalue weighted by Gasteiger charge is -2.11. The fraction of sp³-hybridized carbons (Fsp3) is 0.217. The maximum Gasteiger partial charge on any atom is 0.266 e. The number of nitrogens with zero attached hydrogens (tertiary/aromatic N) is 4. The Labute approximate surface area is 189 Å². The summed E-state index contributed by atoms with van der Waals surface area (Å²) in [6.45, 7) is 6.95. The fourth-order valence-electron chi connectivity index (χ4n) is 2.95. The molecule has 1 aromatic heterocycles. The average molecular weight is 451 g/mol. The minimum atomic E-state index is -0.0489. The van der Waals surface area contributed by atoms with Gasteiger partial charge in [0.2, 0.25) is 5.13 Å². The molecule has 1 amide bonds. The Kier molecular flexibility index (Phi) is 6.48. The first-order chi connectivity index (χ1) is 15.0. The van der Waals surface area contributed by atoms with Crippen LogP contribution in [0.4, 0.5) is 5.13 Å². The van der Waals surface area contributed by atoms with Gasteiger partial charge in [0.1, 0.15) is 17.4 Å². The molecule has 0 spiro atoms. The van der Waals surface area contributed by atoms with Crippen LogP contribution in [0.5, 0.6) is 5.75 Å². The molecule has 1 aliphatic heterocycles. The minimum Gasteiger partial charge on any atom is -0.489 e. The number of likely N-dealkylation sites (N-methyl/N-ethyl adjacent to an activating group) is 1. The Morgan fingerprint density at radius 2 is 1.81 bits per heavy atom. The van der Waals surface area contributed by atoms with E-state index in [4.69, 9.17) is 4.74 Å². The quantitative estimate of drug-likeness (QED) is 0.473. The Bertz CT molecular complexity index is 1140. The van der Waals surface area contributed by atoms with E-state index in [9.17, 15) is 4.79 Å². The Morgan fingerprint density at radius 3 is 2.45 bits per heavy atom. The third-order valence-corrected chi connectivity index (χ3v) is 6.35. The van der Waals surface area contributed by atoms with E-state index in [0.717, 1.165) is 21.9 Å². The van der Waals surface area contributed by atoms with Crippen molar-refractivity contribution in [2.45, 2.75) is 27.4 Å². The standard InChI is InChI=1S/C23H22N4O2S2/c1-4-27-21(28)20(31-23(27)24-22-26-25-16(3)30-22)13-17-9-11-19(12-10-17)29-14-18-7-5-15(2)6-8-18/h5-13H,4,14H2,1-3H3/b20-13-,24-23+. The van der Waals surface area contributed by atoms with Crippen molar-refractivity contribution in [3.05, 3.63) is 75.1 Å². The summed E-state index contributed by atoms with van der Waals surface area (Å²) in [5, 5.41) is 10.1. The molecule has 3 aromatic rings. The van der Waals surface area contributed by atoms with Crippen molar-refractivity contribution in [3.8, 4) is 5.75 Å². The van der Waals surface area contributed by atoms with Gasteiger partial charge in [-0.1, -0.05) is 53.3 Å². The predicted octanol–water partition coefficient (Wildman–Crippen LogP) is 5.36. The summed E-state index contributed by atoms with van der Waals surface area (Å²) in [7, 11) is 0. The molecule has 4 rings (SSSR count). The second-order valence-electron chi connectivity index (χ2n) is 7.00. The number of benzene rings is 2. The molecule has 2 aromatic carbocycles. The van der Waals surface area contributed by atoms with E-state index in [2.05, 4.69) is 46.4 Å². The highest BCUT2D eigenvalue weighted by atomic mass is 32.2. The van der Waals surface area contributed by atoms with Crippen LogP contribution in [0, 0.1) is 13.8 Å². The third kappa shape index (κ3) is 5.21. The number of amides is 1. The van der Waals surface area contributed by atoms with Gasteiger partial charge in [-0.25, -0.2) is 0 Å². The highest BCUT2D eigenvalue weighted by Gasteiger charge is 2.32. The molecule has 1 saturated heterocycles. The zero-order valence-corrected chi connectivity index (χ0v) is 19.2. The molecule has 158 valence electrons. The highest BCUT2D eigenvalue weighted by molar-refractivity contribution is 8.18. The molecule has 6 nitrogen and oxygen atoms in total. The number of amidine groups is 1. The maximum absolute atomic E-state index is 12.8.